The Morgan fingerprint density at radius 3 is 2.43 bits per heavy atom. The van der Waals surface area contributed by atoms with Gasteiger partial charge in [-0.3, -0.25) is 4.99 Å². The summed E-state index contributed by atoms with van der Waals surface area (Å²) in [5.74, 6) is 0. The molecular weight excluding hydrogens is 170 g/mol. The predicted molar refractivity (Wildman–Crippen MR) is 62.5 cm³/mol. The second-order valence-electron chi connectivity index (χ2n) is 3.17. The van der Waals surface area contributed by atoms with E-state index in [-0.39, 0.29) is 0 Å². The van der Waals surface area contributed by atoms with E-state index in [1.54, 1.807) is 0 Å². The first-order valence-corrected chi connectivity index (χ1v) is 4.46. The van der Waals surface area contributed by atoms with Crippen molar-refractivity contribution < 1.29 is 0 Å². The smallest absolute Gasteiger partial charge is 0.0623 e. The topological polar surface area (TPSA) is 12.4 Å². The number of hydrogen-bond donors (Lipinski definition) is 0. The van der Waals surface area contributed by atoms with Crippen LogP contribution in [0.5, 0.6) is 0 Å². The van der Waals surface area contributed by atoms with Crippen LogP contribution in [0.25, 0.3) is 16.5 Å². The first kappa shape index (κ1) is 8.70. The number of benzene rings is 2. The summed E-state index contributed by atoms with van der Waals surface area (Å²) in [6, 6.07) is 14.4. The van der Waals surface area contributed by atoms with Crippen molar-refractivity contribution in [2.75, 3.05) is 0 Å². The first-order valence-electron chi connectivity index (χ1n) is 4.46. The fraction of sp³-hybridized carbons (Fsp3) is 0. The lowest BCUT2D eigenvalue weighted by molar-refractivity contribution is 1.56. The van der Waals surface area contributed by atoms with Gasteiger partial charge in [0.25, 0.3) is 0 Å². The SMILES string of the molecule is C=NC(=C)c1ccc2ccccc2c1. The van der Waals surface area contributed by atoms with Gasteiger partial charge in [0.15, 0.2) is 0 Å². The summed E-state index contributed by atoms with van der Waals surface area (Å²) in [5.41, 5.74) is 1.74. The number of nitrogens with zero attached hydrogens (tertiary/aromatic N) is 1. The molecule has 0 aromatic heterocycles. The van der Waals surface area contributed by atoms with E-state index in [0.717, 1.165) is 11.3 Å². The Labute approximate surface area is 83.4 Å². The minimum Gasteiger partial charge on any atom is -0.265 e. The van der Waals surface area contributed by atoms with Gasteiger partial charge in [0.2, 0.25) is 0 Å². The van der Waals surface area contributed by atoms with Crippen LogP contribution in [-0.2, 0) is 0 Å². The molecule has 0 atom stereocenters. The fourth-order valence-electron chi connectivity index (χ4n) is 1.46. The molecule has 0 aliphatic carbocycles. The Morgan fingerprint density at radius 2 is 1.71 bits per heavy atom. The molecule has 0 aliphatic heterocycles. The number of fused-ring (bicyclic) bond motifs is 1. The van der Waals surface area contributed by atoms with Gasteiger partial charge in [0.05, 0.1) is 5.70 Å². The minimum absolute atomic E-state index is 0.718. The molecule has 0 saturated carbocycles. The van der Waals surface area contributed by atoms with E-state index >= 15 is 0 Å². The summed E-state index contributed by atoms with van der Waals surface area (Å²) >= 11 is 0. The van der Waals surface area contributed by atoms with Gasteiger partial charge in [0.1, 0.15) is 0 Å². The van der Waals surface area contributed by atoms with E-state index in [9.17, 15) is 0 Å². The van der Waals surface area contributed by atoms with Gasteiger partial charge in [-0.1, -0.05) is 43.0 Å². The second-order valence-corrected chi connectivity index (χ2v) is 3.17. The van der Waals surface area contributed by atoms with Crippen molar-refractivity contribution in [3.63, 3.8) is 0 Å². The second kappa shape index (κ2) is 3.46. The van der Waals surface area contributed by atoms with Gasteiger partial charge >= 0.3 is 0 Å². The molecule has 0 aliphatic rings. The van der Waals surface area contributed by atoms with E-state index < -0.39 is 0 Å². The Hall–Kier alpha value is -1.89. The number of aliphatic imine (C=N–C) groups is 1. The van der Waals surface area contributed by atoms with Gasteiger partial charge < -0.3 is 0 Å². The first-order chi connectivity index (χ1) is 6.81. The zero-order chi connectivity index (χ0) is 9.97. The third-order valence-corrected chi connectivity index (χ3v) is 2.27. The zero-order valence-corrected chi connectivity index (χ0v) is 7.90. The maximum atomic E-state index is 3.82. The van der Waals surface area contributed by atoms with Crippen molar-refractivity contribution in [3.05, 3.63) is 54.6 Å². The van der Waals surface area contributed by atoms with E-state index in [1.165, 1.54) is 10.8 Å². The molecule has 0 unspecified atom stereocenters. The minimum atomic E-state index is 0.718. The molecule has 1 heteroatoms. The van der Waals surface area contributed by atoms with Gasteiger partial charge in [0, 0.05) is 5.56 Å². The molecular formula is C13H11N. The summed E-state index contributed by atoms with van der Waals surface area (Å²) in [5, 5.41) is 2.43. The largest absolute Gasteiger partial charge is 0.265 e. The van der Waals surface area contributed by atoms with Crippen molar-refractivity contribution in [2.24, 2.45) is 4.99 Å². The van der Waals surface area contributed by atoms with Crippen LogP contribution in [0.3, 0.4) is 0 Å². The molecule has 68 valence electrons. The zero-order valence-electron chi connectivity index (χ0n) is 7.90. The standard InChI is InChI=1S/C13H11N/c1-10(14-2)12-8-7-11-5-3-4-6-13(11)9-12/h3-9H,1-2H2. The maximum Gasteiger partial charge on any atom is 0.0623 e. The highest BCUT2D eigenvalue weighted by Gasteiger charge is 1.97. The van der Waals surface area contributed by atoms with Gasteiger partial charge in [-0.25, -0.2) is 0 Å². The molecule has 2 rings (SSSR count). The quantitative estimate of drug-likeness (QED) is 0.629. The fourth-order valence-corrected chi connectivity index (χ4v) is 1.46. The van der Waals surface area contributed by atoms with E-state index in [4.69, 9.17) is 0 Å². The Kier molecular flexibility index (Phi) is 2.15. The van der Waals surface area contributed by atoms with E-state index in [2.05, 4.69) is 42.6 Å². The molecule has 0 bridgehead atoms. The molecule has 0 heterocycles. The molecule has 0 saturated heterocycles. The molecule has 0 spiro atoms. The summed E-state index contributed by atoms with van der Waals surface area (Å²) in [6.45, 7) is 7.29. The summed E-state index contributed by atoms with van der Waals surface area (Å²) < 4.78 is 0. The van der Waals surface area contributed by atoms with Crippen molar-refractivity contribution in [1.29, 1.82) is 0 Å². The monoisotopic (exact) mass is 181 g/mol. The van der Waals surface area contributed by atoms with Gasteiger partial charge in [-0.15, -0.1) is 0 Å². The van der Waals surface area contributed by atoms with Crippen molar-refractivity contribution in [3.8, 4) is 0 Å². The molecule has 0 fully saturated rings. The molecule has 0 N–H and O–H groups in total. The van der Waals surface area contributed by atoms with Crippen LogP contribution in [0.15, 0.2) is 54.0 Å². The third-order valence-electron chi connectivity index (χ3n) is 2.27. The van der Waals surface area contributed by atoms with Crippen LogP contribution in [-0.4, -0.2) is 6.72 Å². The summed E-state index contributed by atoms with van der Waals surface area (Å²) in [6.07, 6.45) is 0. The van der Waals surface area contributed by atoms with E-state index in [0.29, 0.717) is 0 Å². The maximum absolute atomic E-state index is 3.82. The molecule has 0 radical (unpaired) electrons. The molecule has 14 heavy (non-hydrogen) atoms. The van der Waals surface area contributed by atoms with Crippen LogP contribution < -0.4 is 0 Å². The van der Waals surface area contributed by atoms with E-state index in [1.807, 2.05) is 18.2 Å². The Morgan fingerprint density at radius 1 is 1.00 bits per heavy atom. The predicted octanol–water partition coefficient (Wildman–Crippen LogP) is 3.51. The average molecular weight is 181 g/mol. The molecule has 1 nitrogen and oxygen atoms in total. The van der Waals surface area contributed by atoms with Crippen molar-refractivity contribution in [1.82, 2.24) is 0 Å². The lowest BCUT2D eigenvalue weighted by atomic mass is 10.1. The highest BCUT2D eigenvalue weighted by atomic mass is 14.7. The lowest BCUT2D eigenvalue weighted by Gasteiger charge is -2.02. The summed E-state index contributed by atoms with van der Waals surface area (Å²) in [4.78, 5) is 3.82. The highest BCUT2D eigenvalue weighted by Crippen LogP contribution is 2.20. The number of hydrogen-bond acceptors (Lipinski definition) is 1. The molecule has 2 aromatic rings. The molecule has 0 amide bonds. The van der Waals surface area contributed by atoms with Crippen LogP contribution in [0.4, 0.5) is 0 Å². The third kappa shape index (κ3) is 1.44. The lowest BCUT2D eigenvalue weighted by Crippen LogP contribution is -1.79. The van der Waals surface area contributed by atoms with Crippen LogP contribution in [0.1, 0.15) is 5.56 Å². The molecule has 2 aromatic carbocycles. The normalized spacial score (nSPS) is 10.0. The average Bonchev–Trinajstić information content (AvgIpc) is 2.27. The van der Waals surface area contributed by atoms with Gasteiger partial charge in [-0.05, 0) is 23.6 Å². The van der Waals surface area contributed by atoms with Crippen LogP contribution in [0, 0.1) is 0 Å². The van der Waals surface area contributed by atoms with Crippen LogP contribution in [0.2, 0.25) is 0 Å². The Balaban J connectivity index is 2.62. The highest BCUT2D eigenvalue weighted by molar-refractivity contribution is 5.86. The number of rotatable bonds is 2. The van der Waals surface area contributed by atoms with Crippen molar-refractivity contribution in [2.45, 2.75) is 0 Å². The van der Waals surface area contributed by atoms with Gasteiger partial charge in [-0.2, -0.15) is 0 Å². The Bertz CT molecular complexity index is 497. The van der Waals surface area contributed by atoms with Crippen LogP contribution >= 0.6 is 0 Å². The summed E-state index contributed by atoms with van der Waals surface area (Å²) in [7, 11) is 0. The van der Waals surface area contributed by atoms with Crippen molar-refractivity contribution >= 4 is 23.2 Å².